The van der Waals surface area contributed by atoms with Gasteiger partial charge in [-0.3, -0.25) is 4.79 Å². The van der Waals surface area contributed by atoms with Crippen molar-refractivity contribution in [2.75, 3.05) is 0 Å². The predicted octanol–water partition coefficient (Wildman–Crippen LogP) is 0.924. The number of rotatable bonds is 1. The highest BCUT2D eigenvalue weighted by Gasteiger charge is 2.00. The largest absolute Gasteiger partial charge is 0.369 e. The molecule has 4 heteroatoms. The van der Waals surface area contributed by atoms with E-state index >= 15 is 0 Å². The zero-order valence-electron chi connectivity index (χ0n) is 7.75. The average molecular weight is 202 g/mol. The Morgan fingerprint density at radius 1 is 1.53 bits per heavy atom. The maximum absolute atomic E-state index is 13.1. The van der Waals surface area contributed by atoms with Gasteiger partial charge >= 0.3 is 0 Å². The third kappa shape index (κ3) is 3.13. The van der Waals surface area contributed by atoms with Gasteiger partial charge < -0.3 is 5.73 Å². The summed E-state index contributed by atoms with van der Waals surface area (Å²) >= 11 is 0. The second-order valence-corrected chi connectivity index (χ2v) is 2.75. The normalized spacial score (nSPS) is 8.53. The average Bonchev–Trinajstić information content (AvgIpc) is 2.20. The summed E-state index contributed by atoms with van der Waals surface area (Å²) in [5.41, 5.74) is 5.28. The molecule has 2 N–H and O–H groups in total. The van der Waals surface area contributed by atoms with Gasteiger partial charge in [-0.15, -0.1) is 0 Å². The first-order chi connectivity index (χ1) is 7.13. The Hall–Kier alpha value is -2.33. The van der Waals surface area contributed by atoms with Gasteiger partial charge in [-0.1, -0.05) is 11.8 Å². The van der Waals surface area contributed by atoms with Gasteiger partial charge in [0.05, 0.1) is 23.6 Å². The van der Waals surface area contributed by atoms with Crippen molar-refractivity contribution in [2.24, 2.45) is 5.73 Å². The van der Waals surface area contributed by atoms with Crippen molar-refractivity contribution in [3.63, 3.8) is 0 Å². The highest BCUT2D eigenvalue weighted by molar-refractivity contribution is 5.76. The second-order valence-electron chi connectivity index (χ2n) is 2.75. The summed E-state index contributed by atoms with van der Waals surface area (Å²) in [5, 5.41) is 8.57. The highest BCUT2D eigenvalue weighted by Crippen LogP contribution is 2.08. The van der Waals surface area contributed by atoms with Crippen molar-refractivity contribution in [3.05, 3.63) is 35.1 Å². The number of nitriles is 1. The molecule has 0 spiro atoms. The van der Waals surface area contributed by atoms with Crippen molar-refractivity contribution >= 4 is 5.91 Å². The van der Waals surface area contributed by atoms with E-state index in [0.717, 1.165) is 6.07 Å². The van der Waals surface area contributed by atoms with Gasteiger partial charge in [-0.2, -0.15) is 5.26 Å². The molecule has 0 bridgehead atoms. The molecule has 0 heterocycles. The first kappa shape index (κ1) is 10.7. The van der Waals surface area contributed by atoms with Crippen LogP contribution in [0.4, 0.5) is 4.39 Å². The molecular formula is C11H7FN2O. The molecule has 0 aromatic heterocycles. The van der Waals surface area contributed by atoms with Crippen LogP contribution in [0, 0.1) is 29.0 Å². The number of benzene rings is 1. The van der Waals surface area contributed by atoms with Gasteiger partial charge in [0.2, 0.25) is 5.91 Å². The quantitative estimate of drug-likeness (QED) is 0.688. The summed E-state index contributed by atoms with van der Waals surface area (Å²) in [5.74, 6) is 3.77. The number of nitrogens with two attached hydrogens (primary N) is 1. The number of primary amides is 1. The number of halogens is 1. The Morgan fingerprint density at radius 2 is 2.27 bits per heavy atom. The van der Waals surface area contributed by atoms with Crippen LogP contribution in [-0.4, -0.2) is 5.91 Å². The maximum atomic E-state index is 13.1. The van der Waals surface area contributed by atoms with Crippen molar-refractivity contribution in [1.82, 2.24) is 0 Å². The summed E-state index contributed by atoms with van der Waals surface area (Å²) in [7, 11) is 0. The molecule has 0 aliphatic rings. The van der Waals surface area contributed by atoms with Crippen molar-refractivity contribution < 1.29 is 9.18 Å². The summed E-state index contributed by atoms with van der Waals surface area (Å²) in [6.45, 7) is 0. The Balaban J connectivity index is 2.97. The lowest BCUT2D eigenvalue weighted by atomic mass is 10.1. The van der Waals surface area contributed by atoms with Crippen LogP contribution in [0.15, 0.2) is 18.2 Å². The van der Waals surface area contributed by atoms with E-state index in [-0.39, 0.29) is 12.0 Å². The molecule has 0 saturated carbocycles. The molecule has 74 valence electrons. The van der Waals surface area contributed by atoms with E-state index in [0.29, 0.717) is 5.56 Å². The molecule has 1 rings (SSSR count). The molecule has 0 aliphatic heterocycles. The summed E-state index contributed by atoms with van der Waals surface area (Å²) in [6.07, 6.45) is -0.129. The van der Waals surface area contributed by atoms with Gasteiger partial charge in [0.25, 0.3) is 0 Å². The molecule has 0 radical (unpaired) electrons. The fourth-order valence-corrected chi connectivity index (χ4v) is 0.917. The standard InChI is InChI=1S/C11H7FN2O/c12-10-5-4-8(7-13)6-9(10)2-1-3-11(14)15/h4-6H,3H2,(H2,14,15). The lowest BCUT2D eigenvalue weighted by Gasteiger charge is -1.93. The topological polar surface area (TPSA) is 66.9 Å². The van der Waals surface area contributed by atoms with Gasteiger partial charge in [0, 0.05) is 0 Å². The zero-order valence-corrected chi connectivity index (χ0v) is 7.75. The predicted molar refractivity (Wildman–Crippen MR) is 51.8 cm³/mol. The van der Waals surface area contributed by atoms with E-state index in [1.165, 1.54) is 12.1 Å². The van der Waals surface area contributed by atoms with E-state index in [2.05, 4.69) is 11.8 Å². The molecular weight excluding hydrogens is 195 g/mol. The fraction of sp³-hybridized carbons (Fsp3) is 0.0909. The second kappa shape index (κ2) is 4.78. The maximum Gasteiger partial charge on any atom is 0.229 e. The SMILES string of the molecule is N#Cc1ccc(F)c(C#CCC(N)=O)c1. The minimum atomic E-state index is -0.570. The van der Waals surface area contributed by atoms with E-state index in [1.807, 2.05) is 6.07 Å². The molecule has 0 atom stereocenters. The molecule has 0 unspecified atom stereocenters. The molecule has 1 aromatic rings. The first-order valence-corrected chi connectivity index (χ1v) is 4.10. The number of amides is 1. The van der Waals surface area contributed by atoms with Crippen LogP contribution in [0.25, 0.3) is 0 Å². The lowest BCUT2D eigenvalue weighted by Crippen LogP contribution is -2.08. The fourth-order valence-electron chi connectivity index (χ4n) is 0.917. The minimum Gasteiger partial charge on any atom is -0.369 e. The van der Waals surface area contributed by atoms with E-state index < -0.39 is 11.7 Å². The van der Waals surface area contributed by atoms with Gasteiger partial charge in [-0.05, 0) is 18.2 Å². The molecule has 0 aliphatic carbocycles. The van der Waals surface area contributed by atoms with Crippen molar-refractivity contribution in [2.45, 2.75) is 6.42 Å². The number of carbonyl (C=O) groups excluding carboxylic acids is 1. The Labute approximate surface area is 86.3 Å². The number of hydrogen-bond acceptors (Lipinski definition) is 2. The molecule has 0 saturated heterocycles. The summed E-state index contributed by atoms with van der Waals surface area (Å²) < 4.78 is 13.1. The third-order valence-corrected chi connectivity index (χ3v) is 1.58. The van der Waals surface area contributed by atoms with Gasteiger partial charge in [0.15, 0.2) is 0 Å². The van der Waals surface area contributed by atoms with E-state index in [4.69, 9.17) is 11.0 Å². The van der Waals surface area contributed by atoms with E-state index in [9.17, 15) is 9.18 Å². The Morgan fingerprint density at radius 3 is 2.87 bits per heavy atom. The number of hydrogen-bond donors (Lipinski definition) is 1. The van der Waals surface area contributed by atoms with Crippen molar-refractivity contribution in [1.29, 1.82) is 5.26 Å². The number of carbonyl (C=O) groups is 1. The number of nitrogens with zero attached hydrogens (tertiary/aromatic N) is 1. The first-order valence-electron chi connectivity index (χ1n) is 4.10. The molecule has 3 nitrogen and oxygen atoms in total. The molecule has 0 fully saturated rings. The Bertz CT molecular complexity index is 492. The minimum absolute atomic E-state index is 0.0929. The zero-order chi connectivity index (χ0) is 11.3. The van der Waals surface area contributed by atoms with Crippen LogP contribution in [-0.2, 0) is 4.79 Å². The van der Waals surface area contributed by atoms with E-state index in [1.54, 1.807) is 0 Å². The molecule has 1 aromatic carbocycles. The highest BCUT2D eigenvalue weighted by atomic mass is 19.1. The lowest BCUT2D eigenvalue weighted by molar-refractivity contribution is -0.117. The smallest absolute Gasteiger partial charge is 0.229 e. The molecule has 1 amide bonds. The summed E-state index contributed by atoms with van der Waals surface area (Å²) in [6, 6.07) is 5.71. The Kier molecular flexibility index (Phi) is 3.43. The van der Waals surface area contributed by atoms with Gasteiger partial charge in [-0.25, -0.2) is 4.39 Å². The van der Waals surface area contributed by atoms with Crippen LogP contribution >= 0.6 is 0 Å². The molecule has 15 heavy (non-hydrogen) atoms. The third-order valence-electron chi connectivity index (χ3n) is 1.58. The van der Waals surface area contributed by atoms with Crippen LogP contribution in [0.5, 0.6) is 0 Å². The van der Waals surface area contributed by atoms with Crippen LogP contribution in [0.3, 0.4) is 0 Å². The monoisotopic (exact) mass is 202 g/mol. The van der Waals surface area contributed by atoms with Crippen LogP contribution in [0.2, 0.25) is 0 Å². The van der Waals surface area contributed by atoms with Crippen LogP contribution < -0.4 is 5.73 Å². The van der Waals surface area contributed by atoms with Gasteiger partial charge in [0.1, 0.15) is 5.82 Å². The summed E-state index contributed by atoms with van der Waals surface area (Å²) in [4.78, 5) is 10.4. The van der Waals surface area contributed by atoms with Crippen molar-refractivity contribution in [3.8, 4) is 17.9 Å². The van der Waals surface area contributed by atoms with Crippen LogP contribution in [0.1, 0.15) is 17.5 Å².